The molecule has 0 fully saturated rings. The van der Waals surface area contributed by atoms with Gasteiger partial charge in [0.05, 0.1) is 5.56 Å². The van der Waals surface area contributed by atoms with Gasteiger partial charge in [0.25, 0.3) is 5.91 Å². The molecule has 1 amide bonds. The molecule has 0 saturated heterocycles. The Morgan fingerprint density at radius 1 is 1.37 bits per heavy atom. The molecule has 106 valence electrons. The van der Waals surface area contributed by atoms with Crippen LogP contribution in [0.4, 0.5) is 13.2 Å². The van der Waals surface area contributed by atoms with E-state index in [4.69, 9.17) is 16.7 Å². The summed E-state index contributed by atoms with van der Waals surface area (Å²) in [7, 11) is 0. The fourth-order valence-electron chi connectivity index (χ4n) is 1.60. The van der Waals surface area contributed by atoms with Gasteiger partial charge in [-0.25, -0.2) is 8.78 Å². The Kier molecular flexibility index (Phi) is 5.05. The Morgan fingerprint density at radius 3 is 2.47 bits per heavy atom. The van der Waals surface area contributed by atoms with Crippen molar-refractivity contribution in [2.75, 3.05) is 0 Å². The number of hydrogen-bond acceptors (Lipinski definition) is 2. The minimum absolute atomic E-state index is 0.210. The van der Waals surface area contributed by atoms with Crippen LogP contribution < -0.4 is 5.32 Å². The van der Waals surface area contributed by atoms with Crippen LogP contribution in [0.25, 0.3) is 0 Å². The van der Waals surface area contributed by atoms with Crippen LogP contribution in [-0.2, 0) is 0 Å². The van der Waals surface area contributed by atoms with Crippen molar-refractivity contribution in [3.8, 4) is 5.75 Å². The molecule has 19 heavy (non-hydrogen) atoms. The Hall–Kier alpha value is -1.43. The van der Waals surface area contributed by atoms with Gasteiger partial charge >= 0.3 is 0 Å². The molecule has 0 aliphatic rings. The Bertz CT molecular complexity index is 494. The average Bonchev–Trinajstić information content (AvgIpc) is 2.29. The maximum atomic E-state index is 13.5. The second kappa shape index (κ2) is 6.14. The van der Waals surface area contributed by atoms with Crippen LogP contribution in [0.3, 0.4) is 0 Å². The summed E-state index contributed by atoms with van der Waals surface area (Å²) in [5, 5.41) is 11.2. The number of amides is 1. The highest BCUT2D eigenvalue weighted by Crippen LogP contribution is 2.25. The molecule has 0 aromatic heterocycles. The number of alkyl halides is 1. The van der Waals surface area contributed by atoms with E-state index in [1.165, 1.54) is 0 Å². The molecule has 2 atom stereocenters. The Balaban J connectivity index is 2.95. The Labute approximate surface area is 113 Å². The van der Waals surface area contributed by atoms with Gasteiger partial charge in [-0.3, -0.25) is 4.79 Å². The highest BCUT2D eigenvalue weighted by Gasteiger charge is 2.23. The molecule has 0 bridgehead atoms. The predicted octanol–water partition coefficient (Wildman–Crippen LogP) is 2.95. The maximum Gasteiger partial charge on any atom is 0.254 e. The van der Waals surface area contributed by atoms with E-state index < -0.39 is 34.7 Å². The first-order valence-electron chi connectivity index (χ1n) is 5.55. The maximum absolute atomic E-state index is 13.5. The molecular formula is C12H13ClF3NO2. The zero-order valence-corrected chi connectivity index (χ0v) is 11.1. The molecule has 1 rings (SSSR count). The molecule has 0 heterocycles. The van der Waals surface area contributed by atoms with E-state index >= 15 is 0 Å². The van der Waals surface area contributed by atoms with Gasteiger partial charge < -0.3 is 10.4 Å². The predicted molar refractivity (Wildman–Crippen MR) is 64.8 cm³/mol. The molecule has 0 radical (unpaired) electrons. The van der Waals surface area contributed by atoms with Crippen LogP contribution in [0.15, 0.2) is 6.07 Å². The summed E-state index contributed by atoms with van der Waals surface area (Å²) in [6.45, 7) is 3.35. The minimum atomic E-state index is -1.73. The number of phenols is 1. The largest absolute Gasteiger partial charge is 0.503 e. The van der Waals surface area contributed by atoms with Gasteiger partial charge in [-0.1, -0.05) is 0 Å². The van der Waals surface area contributed by atoms with Crippen molar-refractivity contribution in [3.63, 3.8) is 0 Å². The number of aromatic hydroxyl groups is 1. The minimum Gasteiger partial charge on any atom is -0.503 e. The lowest BCUT2D eigenvalue weighted by Crippen LogP contribution is -2.34. The number of carbonyl (C=O) groups excluding carboxylic acids is 1. The van der Waals surface area contributed by atoms with E-state index in [0.29, 0.717) is 12.5 Å². The fourth-order valence-corrected chi connectivity index (χ4v) is 1.87. The van der Waals surface area contributed by atoms with Crippen LogP contribution in [0.2, 0.25) is 0 Å². The van der Waals surface area contributed by atoms with E-state index in [1.54, 1.807) is 13.8 Å². The molecule has 7 heteroatoms. The smallest absolute Gasteiger partial charge is 0.254 e. The molecule has 3 nitrogen and oxygen atoms in total. The van der Waals surface area contributed by atoms with Crippen molar-refractivity contribution in [2.45, 2.75) is 31.7 Å². The zero-order chi connectivity index (χ0) is 14.7. The molecule has 0 saturated carbocycles. The SMILES string of the molecule is CC(Cl)CC(C)NC(=O)c1cc(F)c(F)c(O)c1F. The van der Waals surface area contributed by atoms with Crippen LogP contribution in [0.1, 0.15) is 30.6 Å². The van der Waals surface area contributed by atoms with Crippen molar-refractivity contribution in [3.05, 3.63) is 29.1 Å². The molecule has 0 spiro atoms. The summed E-state index contributed by atoms with van der Waals surface area (Å²) in [5.41, 5.74) is -0.759. The summed E-state index contributed by atoms with van der Waals surface area (Å²) in [6, 6.07) is 0.0194. The summed E-state index contributed by atoms with van der Waals surface area (Å²) in [6.07, 6.45) is 0.421. The molecular weight excluding hydrogens is 283 g/mol. The van der Waals surface area contributed by atoms with E-state index in [0.717, 1.165) is 0 Å². The van der Waals surface area contributed by atoms with Crippen molar-refractivity contribution < 1.29 is 23.1 Å². The van der Waals surface area contributed by atoms with E-state index in [-0.39, 0.29) is 11.4 Å². The van der Waals surface area contributed by atoms with Gasteiger partial charge in [-0.05, 0) is 26.3 Å². The van der Waals surface area contributed by atoms with E-state index in [9.17, 15) is 18.0 Å². The monoisotopic (exact) mass is 295 g/mol. The van der Waals surface area contributed by atoms with E-state index in [2.05, 4.69) is 5.32 Å². The van der Waals surface area contributed by atoms with Crippen LogP contribution in [-0.4, -0.2) is 22.4 Å². The standard InChI is InChI=1S/C12H13ClF3NO2/c1-5(13)3-6(2)17-12(19)7-4-8(14)10(16)11(18)9(7)15/h4-6,18H,3H2,1-2H3,(H,17,19). The van der Waals surface area contributed by atoms with Gasteiger partial charge in [0.15, 0.2) is 17.4 Å². The topological polar surface area (TPSA) is 49.3 Å². The second-order valence-corrected chi connectivity index (χ2v) is 5.02. The first kappa shape index (κ1) is 15.6. The van der Waals surface area contributed by atoms with Gasteiger partial charge in [0.2, 0.25) is 5.82 Å². The number of halogens is 4. The second-order valence-electron chi connectivity index (χ2n) is 4.27. The number of rotatable bonds is 4. The third-order valence-corrected chi connectivity index (χ3v) is 2.61. The molecule has 2 N–H and O–H groups in total. The summed E-state index contributed by atoms with van der Waals surface area (Å²) in [4.78, 5) is 11.7. The van der Waals surface area contributed by atoms with Crippen LogP contribution in [0.5, 0.6) is 5.75 Å². The molecule has 1 aromatic carbocycles. The number of nitrogens with one attached hydrogen (secondary N) is 1. The first-order chi connectivity index (χ1) is 8.73. The average molecular weight is 296 g/mol. The normalized spacial score (nSPS) is 14.0. The number of benzene rings is 1. The third-order valence-electron chi connectivity index (χ3n) is 2.43. The summed E-state index contributed by atoms with van der Waals surface area (Å²) >= 11 is 5.73. The fraction of sp³-hybridized carbons (Fsp3) is 0.417. The number of hydrogen-bond donors (Lipinski definition) is 2. The Morgan fingerprint density at radius 2 is 1.95 bits per heavy atom. The molecule has 0 aliphatic carbocycles. The van der Waals surface area contributed by atoms with Crippen molar-refractivity contribution >= 4 is 17.5 Å². The first-order valence-corrected chi connectivity index (χ1v) is 5.99. The van der Waals surface area contributed by atoms with E-state index in [1.807, 2.05) is 0 Å². The zero-order valence-electron chi connectivity index (χ0n) is 10.3. The lowest BCUT2D eigenvalue weighted by Gasteiger charge is -2.15. The van der Waals surface area contributed by atoms with Gasteiger partial charge in [-0.15, -0.1) is 11.6 Å². The highest BCUT2D eigenvalue weighted by atomic mass is 35.5. The number of carbonyl (C=O) groups is 1. The molecule has 1 aromatic rings. The van der Waals surface area contributed by atoms with Crippen LogP contribution in [0, 0.1) is 17.5 Å². The third kappa shape index (κ3) is 3.76. The van der Waals surface area contributed by atoms with Gasteiger partial charge in [-0.2, -0.15) is 4.39 Å². The molecule has 2 unspecified atom stereocenters. The molecule has 0 aliphatic heterocycles. The van der Waals surface area contributed by atoms with Crippen molar-refractivity contribution in [2.24, 2.45) is 0 Å². The number of phenolic OH excluding ortho intramolecular Hbond substituents is 1. The lowest BCUT2D eigenvalue weighted by atomic mass is 10.1. The lowest BCUT2D eigenvalue weighted by molar-refractivity contribution is 0.0932. The van der Waals surface area contributed by atoms with Crippen molar-refractivity contribution in [1.82, 2.24) is 5.32 Å². The van der Waals surface area contributed by atoms with Crippen LogP contribution >= 0.6 is 11.6 Å². The highest BCUT2D eigenvalue weighted by molar-refractivity contribution is 6.20. The van der Waals surface area contributed by atoms with Gasteiger partial charge in [0.1, 0.15) is 0 Å². The van der Waals surface area contributed by atoms with Gasteiger partial charge in [0, 0.05) is 11.4 Å². The quantitative estimate of drug-likeness (QED) is 0.663. The summed E-state index contributed by atoms with van der Waals surface area (Å²) in [5.74, 6) is -7.18. The summed E-state index contributed by atoms with van der Waals surface area (Å²) < 4.78 is 39.3. The van der Waals surface area contributed by atoms with Crippen molar-refractivity contribution in [1.29, 1.82) is 0 Å².